The molecule has 1 heterocycles. The molecule has 1 fully saturated rings. The van der Waals surface area contributed by atoms with Gasteiger partial charge in [0.05, 0.1) is 6.54 Å². The molecule has 1 aliphatic heterocycles. The lowest BCUT2D eigenvalue weighted by Crippen LogP contribution is -2.42. The van der Waals surface area contributed by atoms with E-state index in [0.29, 0.717) is 31.6 Å². The topological polar surface area (TPSA) is 75.4 Å². The summed E-state index contributed by atoms with van der Waals surface area (Å²) in [5, 5.41) is 2.78. The van der Waals surface area contributed by atoms with E-state index in [1.165, 1.54) is 24.3 Å². The van der Waals surface area contributed by atoms with Gasteiger partial charge in [-0.2, -0.15) is 0 Å². The number of rotatable bonds is 4. The van der Waals surface area contributed by atoms with Crippen LogP contribution in [0.5, 0.6) is 0 Å². The van der Waals surface area contributed by atoms with Crippen molar-refractivity contribution in [3.63, 3.8) is 0 Å². The number of carbonyl (C=O) groups excluding carboxylic acids is 2. The molecule has 0 spiro atoms. The number of anilines is 1. The Balaban J connectivity index is 1.82. The molecule has 3 N–H and O–H groups in total. The van der Waals surface area contributed by atoms with Gasteiger partial charge in [-0.1, -0.05) is 0 Å². The summed E-state index contributed by atoms with van der Waals surface area (Å²) in [6, 6.07) is 5.70. The Morgan fingerprint density at radius 2 is 1.85 bits per heavy atom. The van der Waals surface area contributed by atoms with Crippen LogP contribution in [0.2, 0.25) is 0 Å². The van der Waals surface area contributed by atoms with Crippen LogP contribution in [0.4, 0.5) is 10.1 Å². The second-order valence-electron chi connectivity index (χ2n) is 5.01. The third kappa shape index (κ3) is 4.03. The minimum absolute atomic E-state index is 0.0599. The first kappa shape index (κ1) is 14.5. The maximum Gasteiger partial charge on any atom is 0.231 e. The smallest absolute Gasteiger partial charge is 0.231 e. The van der Waals surface area contributed by atoms with Gasteiger partial charge in [0.2, 0.25) is 11.8 Å². The number of carbonyl (C=O) groups is 2. The first-order valence-electron chi connectivity index (χ1n) is 6.61. The minimum atomic E-state index is -0.348. The number of hydrogen-bond donors (Lipinski definition) is 2. The molecule has 0 aliphatic carbocycles. The molecule has 2 amide bonds. The second kappa shape index (κ2) is 6.47. The molecule has 0 atom stereocenters. The molecular formula is C14H18FN3O2. The summed E-state index contributed by atoms with van der Waals surface area (Å²) < 4.78 is 12.8. The summed E-state index contributed by atoms with van der Waals surface area (Å²) in [6.07, 6.45) is 1.39. The van der Waals surface area contributed by atoms with E-state index >= 15 is 0 Å². The zero-order valence-electron chi connectivity index (χ0n) is 11.1. The van der Waals surface area contributed by atoms with Crippen molar-refractivity contribution >= 4 is 17.5 Å². The fourth-order valence-corrected chi connectivity index (χ4v) is 2.35. The lowest BCUT2D eigenvalue weighted by atomic mass is 9.96. The first-order chi connectivity index (χ1) is 9.54. The predicted molar refractivity (Wildman–Crippen MR) is 73.4 cm³/mol. The molecular weight excluding hydrogens is 261 g/mol. The molecule has 1 saturated heterocycles. The number of primary amides is 1. The Morgan fingerprint density at radius 3 is 2.40 bits per heavy atom. The minimum Gasteiger partial charge on any atom is -0.369 e. The Kier molecular flexibility index (Phi) is 4.68. The quantitative estimate of drug-likeness (QED) is 0.862. The summed E-state index contributed by atoms with van der Waals surface area (Å²) in [4.78, 5) is 24.8. The first-order valence-corrected chi connectivity index (χ1v) is 6.61. The largest absolute Gasteiger partial charge is 0.369 e. The van der Waals surface area contributed by atoms with E-state index in [2.05, 4.69) is 5.32 Å². The average Bonchev–Trinajstić information content (AvgIpc) is 2.41. The number of amides is 2. The van der Waals surface area contributed by atoms with E-state index in [9.17, 15) is 14.0 Å². The third-order valence-electron chi connectivity index (χ3n) is 3.45. The molecule has 6 heteroatoms. The second-order valence-corrected chi connectivity index (χ2v) is 5.01. The number of halogens is 1. The highest BCUT2D eigenvalue weighted by Gasteiger charge is 2.25. The monoisotopic (exact) mass is 279 g/mol. The van der Waals surface area contributed by atoms with Crippen molar-refractivity contribution in [3.8, 4) is 0 Å². The molecule has 1 aliphatic rings. The Morgan fingerprint density at radius 1 is 1.25 bits per heavy atom. The van der Waals surface area contributed by atoms with Gasteiger partial charge in [0.15, 0.2) is 0 Å². The molecule has 0 aromatic heterocycles. The number of nitrogens with one attached hydrogen (secondary N) is 1. The zero-order valence-corrected chi connectivity index (χ0v) is 11.1. The lowest BCUT2D eigenvalue weighted by molar-refractivity contribution is -0.122. The van der Waals surface area contributed by atoms with Crippen molar-refractivity contribution in [2.75, 3.05) is 25.0 Å². The van der Waals surface area contributed by atoms with Crippen LogP contribution in [-0.2, 0) is 9.59 Å². The zero-order chi connectivity index (χ0) is 14.5. The van der Waals surface area contributed by atoms with Crippen molar-refractivity contribution in [1.82, 2.24) is 4.90 Å². The molecule has 20 heavy (non-hydrogen) atoms. The molecule has 2 rings (SSSR count). The fourth-order valence-electron chi connectivity index (χ4n) is 2.35. The number of benzene rings is 1. The van der Waals surface area contributed by atoms with Crippen LogP contribution in [0.1, 0.15) is 12.8 Å². The number of likely N-dealkylation sites (tertiary alicyclic amines) is 1. The van der Waals surface area contributed by atoms with Crippen LogP contribution >= 0.6 is 0 Å². The van der Waals surface area contributed by atoms with Crippen LogP contribution < -0.4 is 11.1 Å². The van der Waals surface area contributed by atoms with Gasteiger partial charge in [0.1, 0.15) is 5.82 Å². The lowest BCUT2D eigenvalue weighted by Gasteiger charge is -2.30. The molecule has 0 unspecified atom stereocenters. The predicted octanol–water partition coefficient (Wildman–Crippen LogP) is 0.961. The van der Waals surface area contributed by atoms with Crippen molar-refractivity contribution in [3.05, 3.63) is 30.1 Å². The molecule has 108 valence electrons. The molecule has 1 aromatic rings. The maximum atomic E-state index is 12.8. The summed E-state index contributed by atoms with van der Waals surface area (Å²) >= 11 is 0. The van der Waals surface area contributed by atoms with Crippen molar-refractivity contribution in [1.29, 1.82) is 0 Å². The van der Waals surface area contributed by atoms with Crippen molar-refractivity contribution in [2.24, 2.45) is 11.7 Å². The van der Waals surface area contributed by atoms with Gasteiger partial charge >= 0.3 is 0 Å². The van der Waals surface area contributed by atoms with Crippen LogP contribution in [0.25, 0.3) is 0 Å². The average molecular weight is 279 g/mol. The van der Waals surface area contributed by atoms with Gasteiger partial charge in [0, 0.05) is 11.6 Å². The third-order valence-corrected chi connectivity index (χ3v) is 3.45. The van der Waals surface area contributed by atoms with Crippen molar-refractivity contribution < 1.29 is 14.0 Å². The van der Waals surface area contributed by atoms with Crippen LogP contribution in [0.3, 0.4) is 0 Å². The van der Waals surface area contributed by atoms with Gasteiger partial charge in [-0.25, -0.2) is 4.39 Å². The van der Waals surface area contributed by atoms with E-state index in [1.807, 2.05) is 4.90 Å². The SMILES string of the molecule is NC(=O)CN1CCC(C(=O)Nc2ccc(F)cc2)CC1. The van der Waals surface area contributed by atoms with E-state index in [4.69, 9.17) is 5.73 Å². The van der Waals surface area contributed by atoms with Gasteiger partial charge in [-0.3, -0.25) is 14.5 Å². The Labute approximate surface area is 116 Å². The summed E-state index contributed by atoms with van der Waals surface area (Å²) in [5.41, 5.74) is 5.74. The highest BCUT2D eigenvalue weighted by atomic mass is 19.1. The number of piperidine rings is 1. The van der Waals surface area contributed by atoms with Gasteiger partial charge in [-0.15, -0.1) is 0 Å². The summed E-state index contributed by atoms with van der Waals surface area (Å²) in [7, 11) is 0. The van der Waals surface area contributed by atoms with E-state index < -0.39 is 0 Å². The highest BCUT2D eigenvalue weighted by Crippen LogP contribution is 2.19. The van der Waals surface area contributed by atoms with E-state index in [1.54, 1.807) is 0 Å². The van der Waals surface area contributed by atoms with Gasteiger partial charge < -0.3 is 11.1 Å². The molecule has 0 bridgehead atoms. The van der Waals surface area contributed by atoms with E-state index in [-0.39, 0.29) is 30.1 Å². The Hall–Kier alpha value is -1.95. The molecule has 1 aromatic carbocycles. The van der Waals surface area contributed by atoms with Gasteiger partial charge in [0.25, 0.3) is 0 Å². The van der Waals surface area contributed by atoms with Crippen molar-refractivity contribution in [2.45, 2.75) is 12.8 Å². The maximum absolute atomic E-state index is 12.8. The standard InChI is InChI=1S/C14H18FN3O2/c15-11-1-3-12(4-2-11)17-14(20)10-5-7-18(8-6-10)9-13(16)19/h1-4,10H,5-9H2,(H2,16,19)(H,17,20). The molecule has 0 saturated carbocycles. The van der Waals surface area contributed by atoms with Crippen LogP contribution in [0, 0.1) is 11.7 Å². The fraction of sp³-hybridized carbons (Fsp3) is 0.429. The van der Waals surface area contributed by atoms with Crippen LogP contribution in [-0.4, -0.2) is 36.3 Å². The Bertz CT molecular complexity index is 482. The summed E-state index contributed by atoms with van der Waals surface area (Å²) in [6.45, 7) is 1.61. The van der Waals surface area contributed by atoms with E-state index in [0.717, 1.165) is 0 Å². The number of nitrogens with two attached hydrogens (primary N) is 1. The number of hydrogen-bond acceptors (Lipinski definition) is 3. The number of nitrogens with zero attached hydrogens (tertiary/aromatic N) is 1. The van der Waals surface area contributed by atoms with Crippen LogP contribution in [0.15, 0.2) is 24.3 Å². The highest BCUT2D eigenvalue weighted by molar-refractivity contribution is 5.92. The van der Waals surface area contributed by atoms with Gasteiger partial charge in [-0.05, 0) is 50.2 Å². The molecule has 0 radical (unpaired) electrons. The summed E-state index contributed by atoms with van der Waals surface area (Å²) in [5.74, 6) is -0.818. The normalized spacial score (nSPS) is 16.9. The molecule has 5 nitrogen and oxygen atoms in total.